The van der Waals surface area contributed by atoms with Crippen molar-refractivity contribution in [3.05, 3.63) is 106 Å². The first kappa shape index (κ1) is 22.7. The van der Waals surface area contributed by atoms with Crippen LogP contribution in [0.25, 0.3) is 0 Å². The van der Waals surface area contributed by atoms with Gasteiger partial charge in [-0.3, -0.25) is 19.8 Å². The van der Waals surface area contributed by atoms with Crippen molar-refractivity contribution < 1.29 is 9.72 Å². The SMILES string of the molecule is CSc1ccc([C@@H]2N(Cc3ccccc3)CC(=O)N2/N=C(/C)c2ccc([N+](=O)[O-])cc2)cc1. The number of hydrogen-bond acceptors (Lipinski definition) is 6. The first-order valence-electron chi connectivity index (χ1n) is 10.5. The lowest BCUT2D eigenvalue weighted by Crippen LogP contribution is -2.29. The number of nitrogens with zero attached hydrogens (tertiary/aromatic N) is 4. The van der Waals surface area contributed by atoms with Crippen LogP contribution in [0.1, 0.15) is 29.8 Å². The summed E-state index contributed by atoms with van der Waals surface area (Å²) in [5, 5.41) is 17.2. The van der Waals surface area contributed by atoms with Gasteiger partial charge in [-0.25, -0.2) is 5.01 Å². The molecule has 4 rings (SSSR count). The highest BCUT2D eigenvalue weighted by Gasteiger charge is 2.39. The quantitative estimate of drug-likeness (QED) is 0.213. The third-order valence-electron chi connectivity index (χ3n) is 5.57. The topological polar surface area (TPSA) is 79.0 Å². The number of rotatable bonds is 7. The van der Waals surface area contributed by atoms with Crippen LogP contribution < -0.4 is 0 Å². The van der Waals surface area contributed by atoms with E-state index in [-0.39, 0.29) is 24.3 Å². The zero-order chi connectivity index (χ0) is 23.4. The van der Waals surface area contributed by atoms with Crippen LogP contribution in [0.3, 0.4) is 0 Å². The van der Waals surface area contributed by atoms with Crippen LogP contribution in [-0.4, -0.2) is 39.3 Å². The second-order valence-electron chi connectivity index (χ2n) is 7.77. The monoisotopic (exact) mass is 460 g/mol. The van der Waals surface area contributed by atoms with E-state index >= 15 is 0 Å². The van der Waals surface area contributed by atoms with Crippen LogP contribution in [0.5, 0.6) is 0 Å². The Morgan fingerprint density at radius 1 is 1.06 bits per heavy atom. The van der Waals surface area contributed by atoms with Crippen LogP contribution >= 0.6 is 11.8 Å². The molecule has 3 aromatic rings. The molecule has 0 unspecified atom stereocenters. The number of amides is 1. The molecule has 8 heteroatoms. The van der Waals surface area contributed by atoms with E-state index in [1.807, 2.05) is 55.6 Å². The number of nitro benzene ring substituents is 1. The molecule has 168 valence electrons. The average Bonchev–Trinajstić information content (AvgIpc) is 3.14. The first-order chi connectivity index (χ1) is 16.0. The van der Waals surface area contributed by atoms with Crippen LogP contribution in [-0.2, 0) is 11.3 Å². The Bertz CT molecular complexity index is 1160. The molecule has 0 aromatic heterocycles. The van der Waals surface area contributed by atoms with Gasteiger partial charge >= 0.3 is 0 Å². The molecule has 1 atom stereocenters. The summed E-state index contributed by atoms with van der Waals surface area (Å²) in [4.78, 5) is 26.8. The highest BCUT2D eigenvalue weighted by Crippen LogP contribution is 2.34. The Labute approximate surface area is 196 Å². The maximum absolute atomic E-state index is 13.1. The molecule has 0 radical (unpaired) electrons. The minimum absolute atomic E-state index is 0.0181. The number of benzene rings is 3. The van der Waals surface area contributed by atoms with Crippen molar-refractivity contribution in [3.63, 3.8) is 0 Å². The fraction of sp³-hybridized carbons (Fsp3) is 0.200. The van der Waals surface area contributed by atoms with E-state index < -0.39 is 4.92 Å². The number of thioether (sulfide) groups is 1. The van der Waals surface area contributed by atoms with Crippen molar-refractivity contribution in [2.24, 2.45) is 5.10 Å². The number of carbonyl (C=O) groups excluding carboxylic acids is 1. The molecule has 0 spiro atoms. The highest BCUT2D eigenvalue weighted by atomic mass is 32.2. The summed E-state index contributed by atoms with van der Waals surface area (Å²) < 4.78 is 0. The maximum atomic E-state index is 13.1. The zero-order valence-electron chi connectivity index (χ0n) is 18.4. The van der Waals surface area contributed by atoms with E-state index in [4.69, 9.17) is 0 Å². The summed E-state index contributed by atoms with van der Waals surface area (Å²) in [6.45, 7) is 2.67. The Morgan fingerprint density at radius 2 is 1.73 bits per heavy atom. The Hall–Kier alpha value is -3.49. The van der Waals surface area contributed by atoms with Gasteiger partial charge in [0.2, 0.25) is 0 Å². The molecule has 1 heterocycles. The standard InChI is InChI=1S/C25H24N4O3S/c1-18(20-8-12-22(13-9-20)29(31)32)26-28-24(30)17-27(16-19-6-4-3-5-7-19)25(28)21-10-14-23(33-2)15-11-21/h3-15,25H,16-17H2,1-2H3/b26-18-/t25-/m1/s1. The van der Waals surface area contributed by atoms with E-state index in [0.717, 1.165) is 21.6 Å². The van der Waals surface area contributed by atoms with Gasteiger partial charge < -0.3 is 0 Å². The fourth-order valence-electron chi connectivity index (χ4n) is 3.87. The predicted octanol–water partition coefficient (Wildman–Crippen LogP) is 5.08. The lowest BCUT2D eigenvalue weighted by atomic mass is 10.1. The van der Waals surface area contributed by atoms with Crippen molar-refractivity contribution in [1.82, 2.24) is 9.91 Å². The lowest BCUT2D eigenvalue weighted by Gasteiger charge is -2.28. The summed E-state index contributed by atoms with van der Waals surface area (Å²) in [6, 6.07) is 24.4. The molecule has 7 nitrogen and oxygen atoms in total. The molecule has 1 aliphatic heterocycles. The number of non-ortho nitro benzene ring substituents is 1. The Balaban J connectivity index is 1.68. The van der Waals surface area contributed by atoms with Crippen molar-refractivity contribution in [2.75, 3.05) is 12.8 Å². The molecule has 3 aromatic carbocycles. The van der Waals surface area contributed by atoms with Crippen LogP contribution in [0.15, 0.2) is 88.9 Å². The Morgan fingerprint density at radius 3 is 2.33 bits per heavy atom. The van der Waals surface area contributed by atoms with E-state index in [1.54, 1.807) is 23.9 Å². The molecular weight excluding hydrogens is 436 g/mol. The van der Waals surface area contributed by atoms with Gasteiger partial charge in [-0.05, 0) is 54.1 Å². The fourth-order valence-corrected chi connectivity index (χ4v) is 4.27. The molecular formula is C25H24N4O3S. The molecule has 1 saturated heterocycles. The first-order valence-corrected chi connectivity index (χ1v) is 11.7. The van der Waals surface area contributed by atoms with Gasteiger partial charge in [-0.2, -0.15) is 5.10 Å². The molecule has 0 N–H and O–H groups in total. The summed E-state index contributed by atoms with van der Waals surface area (Å²) in [6.07, 6.45) is 1.68. The summed E-state index contributed by atoms with van der Waals surface area (Å²) >= 11 is 1.67. The van der Waals surface area contributed by atoms with Crippen LogP contribution in [0.2, 0.25) is 0 Å². The van der Waals surface area contributed by atoms with E-state index in [1.165, 1.54) is 17.1 Å². The maximum Gasteiger partial charge on any atom is 0.269 e. The van der Waals surface area contributed by atoms with Crippen molar-refractivity contribution in [2.45, 2.75) is 24.5 Å². The molecule has 0 bridgehead atoms. The smallest absolute Gasteiger partial charge is 0.269 e. The van der Waals surface area contributed by atoms with Gasteiger partial charge in [0.1, 0.15) is 6.17 Å². The molecule has 33 heavy (non-hydrogen) atoms. The van der Waals surface area contributed by atoms with Gasteiger partial charge in [0, 0.05) is 23.6 Å². The number of hydrogen-bond donors (Lipinski definition) is 0. The molecule has 0 saturated carbocycles. The van der Waals surface area contributed by atoms with Crippen molar-refractivity contribution in [3.8, 4) is 0 Å². The third kappa shape index (κ3) is 5.13. The van der Waals surface area contributed by atoms with Crippen LogP contribution in [0.4, 0.5) is 5.69 Å². The molecule has 1 amide bonds. The summed E-state index contributed by atoms with van der Waals surface area (Å²) in [7, 11) is 0. The predicted molar refractivity (Wildman–Crippen MR) is 130 cm³/mol. The van der Waals surface area contributed by atoms with Crippen LogP contribution in [0, 0.1) is 10.1 Å². The highest BCUT2D eigenvalue weighted by molar-refractivity contribution is 7.98. The van der Waals surface area contributed by atoms with Gasteiger partial charge in [0.25, 0.3) is 11.6 Å². The lowest BCUT2D eigenvalue weighted by molar-refractivity contribution is -0.384. The molecule has 1 aliphatic rings. The minimum atomic E-state index is -0.435. The third-order valence-corrected chi connectivity index (χ3v) is 6.31. The van der Waals surface area contributed by atoms with Gasteiger partial charge in [0.15, 0.2) is 0 Å². The summed E-state index contributed by atoms with van der Waals surface area (Å²) in [5.74, 6) is -0.0915. The second kappa shape index (κ2) is 9.97. The number of carbonyl (C=O) groups is 1. The zero-order valence-corrected chi connectivity index (χ0v) is 19.2. The normalized spacial score (nSPS) is 16.9. The number of nitro groups is 1. The second-order valence-corrected chi connectivity index (χ2v) is 8.64. The van der Waals surface area contributed by atoms with Gasteiger partial charge in [-0.15, -0.1) is 11.8 Å². The van der Waals surface area contributed by atoms with Crippen molar-refractivity contribution in [1.29, 1.82) is 0 Å². The Kier molecular flexibility index (Phi) is 6.86. The molecule has 0 aliphatic carbocycles. The van der Waals surface area contributed by atoms with Crippen molar-refractivity contribution >= 4 is 29.1 Å². The van der Waals surface area contributed by atoms with Gasteiger partial charge in [0.05, 0.1) is 17.2 Å². The largest absolute Gasteiger partial charge is 0.271 e. The molecule has 1 fully saturated rings. The number of hydrazone groups is 1. The summed E-state index contributed by atoms with van der Waals surface area (Å²) in [5.41, 5.74) is 3.46. The van der Waals surface area contributed by atoms with E-state index in [0.29, 0.717) is 12.3 Å². The van der Waals surface area contributed by atoms with E-state index in [2.05, 4.69) is 22.1 Å². The van der Waals surface area contributed by atoms with E-state index in [9.17, 15) is 14.9 Å². The minimum Gasteiger partial charge on any atom is -0.271 e. The average molecular weight is 461 g/mol. The van der Waals surface area contributed by atoms with Gasteiger partial charge in [-0.1, -0.05) is 42.5 Å².